The molecular weight excluding hydrogens is 554 g/mol. The Morgan fingerprint density at radius 3 is 2.60 bits per heavy atom. The van der Waals surface area contributed by atoms with Gasteiger partial charge in [-0.15, -0.1) is 0 Å². The monoisotopic (exact) mass is 591 g/mol. The molecule has 6 rings (SSSR count). The minimum absolute atomic E-state index is 0.0163. The van der Waals surface area contributed by atoms with Crippen LogP contribution in [0.25, 0.3) is 0 Å². The van der Waals surface area contributed by atoms with E-state index in [9.17, 15) is 14.4 Å². The standard InChI is InChI=1S/C33H38ClN3O5/c1-18-6-5-7-25(20(18)3)36-31(39)29-33-15-14-26(42-33)27(30(38)35-22-11-8-19(2)24(34)16-22)28(33)32(40)37(29)17-21-9-12-23(41-4)13-10-21/h8-16,18,20,25-29H,5-7,17H2,1-4H3,(H,35,38)(H,36,39)/t18-,20-,25-,26-,27-,28-,29+,33+/m1/s1. The summed E-state index contributed by atoms with van der Waals surface area (Å²) >= 11 is 6.30. The van der Waals surface area contributed by atoms with Gasteiger partial charge in [-0.05, 0) is 60.6 Å². The molecule has 222 valence electrons. The van der Waals surface area contributed by atoms with Gasteiger partial charge in [0.05, 0.1) is 25.0 Å². The third-order valence-corrected chi connectivity index (χ3v) is 10.3. The van der Waals surface area contributed by atoms with Gasteiger partial charge in [-0.25, -0.2) is 0 Å². The summed E-state index contributed by atoms with van der Waals surface area (Å²) in [5.74, 6) is -0.916. The molecule has 3 heterocycles. The van der Waals surface area contributed by atoms with Crippen LogP contribution in [0.5, 0.6) is 5.75 Å². The van der Waals surface area contributed by atoms with Crippen LogP contribution in [0.15, 0.2) is 54.6 Å². The Balaban J connectivity index is 1.32. The van der Waals surface area contributed by atoms with Crippen molar-refractivity contribution in [2.45, 2.75) is 70.4 Å². The number of hydrogen-bond acceptors (Lipinski definition) is 5. The summed E-state index contributed by atoms with van der Waals surface area (Å²) in [6.45, 7) is 6.50. The Morgan fingerprint density at radius 2 is 1.88 bits per heavy atom. The van der Waals surface area contributed by atoms with E-state index in [1.165, 1.54) is 0 Å². The number of ether oxygens (including phenoxy) is 2. The van der Waals surface area contributed by atoms with Gasteiger partial charge in [0.2, 0.25) is 17.7 Å². The fourth-order valence-corrected chi connectivity index (χ4v) is 7.49. The molecular formula is C33H38ClN3O5. The van der Waals surface area contributed by atoms with E-state index in [0.717, 1.165) is 30.4 Å². The average Bonchev–Trinajstić information content (AvgIpc) is 3.61. The van der Waals surface area contributed by atoms with E-state index in [2.05, 4.69) is 24.5 Å². The first-order chi connectivity index (χ1) is 20.1. The second-order valence-corrected chi connectivity index (χ2v) is 12.8. The van der Waals surface area contributed by atoms with Crippen molar-refractivity contribution in [3.05, 3.63) is 70.8 Å². The topological polar surface area (TPSA) is 97.0 Å². The highest BCUT2D eigenvalue weighted by Crippen LogP contribution is 2.55. The molecule has 1 saturated carbocycles. The molecule has 0 aromatic heterocycles. The van der Waals surface area contributed by atoms with Crippen LogP contribution in [0.4, 0.5) is 5.69 Å². The van der Waals surface area contributed by atoms with Gasteiger partial charge in [-0.3, -0.25) is 14.4 Å². The first kappa shape index (κ1) is 28.7. The molecule has 42 heavy (non-hydrogen) atoms. The van der Waals surface area contributed by atoms with Gasteiger partial charge in [0, 0.05) is 23.3 Å². The number of nitrogens with zero attached hydrogens (tertiary/aromatic N) is 1. The molecule has 0 radical (unpaired) electrons. The quantitative estimate of drug-likeness (QED) is 0.447. The highest BCUT2D eigenvalue weighted by molar-refractivity contribution is 6.31. The molecule has 4 aliphatic rings. The SMILES string of the molecule is COc1ccc(CN2C(=O)[C@H]3[C@H](C(=O)Nc4ccc(C)c(Cl)c4)[C@H]4C=C[C@@]3(O4)[C@@H]2C(=O)N[C@@H]2CCC[C@@H](C)[C@H]2C)cc1. The van der Waals surface area contributed by atoms with E-state index in [1.54, 1.807) is 24.1 Å². The molecule has 2 bridgehead atoms. The Morgan fingerprint density at radius 1 is 1.12 bits per heavy atom. The fraction of sp³-hybridized carbons (Fsp3) is 0.485. The van der Waals surface area contributed by atoms with Gasteiger partial charge in [0.15, 0.2) is 0 Å². The van der Waals surface area contributed by atoms with Crippen molar-refractivity contribution in [3.8, 4) is 5.75 Å². The van der Waals surface area contributed by atoms with Gasteiger partial charge in [0.25, 0.3) is 0 Å². The smallest absolute Gasteiger partial charge is 0.246 e. The molecule has 3 amide bonds. The van der Waals surface area contributed by atoms with Crippen molar-refractivity contribution >= 4 is 35.0 Å². The number of hydrogen-bond donors (Lipinski definition) is 2. The Hall–Kier alpha value is -3.36. The normalized spacial score (nSPS) is 33.0. The molecule has 3 fully saturated rings. The zero-order chi connectivity index (χ0) is 29.8. The lowest BCUT2D eigenvalue weighted by Crippen LogP contribution is -2.57. The molecule has 2 aromatic rings. The molecule has 3 aliphatic heterocycles. The number of rotatable bonds is 7. The van der Waals surface area contributed by atoms with Crippen LogP contribution in [0.1, 0.15) is 44.2 Å². The van der Waals surface area contributed by atoms with Crippen molar-refractivity contribution in [2.75, 3.05) is 12.4 Å². The summed E-state index contributed by atoms with van der Waals surface area (Å²) in [6.07, 6.45) is 6.16. The number of nitrogens with one attached hydrogen (secondary N) is 2. The summed E-state index contributed by atoms with van der Waals surface area (Å²) in [5.41, 5.74) is 1.07. The highest BCUT2D eigenvalue weighted by Gasteiger charge is 2.72. The number of carbonyl (C=O) groups excluding carboxylic acids is 3. The van der Waals surface area contributed by atoms with Crippen molar-refractivity contribution in [3.63, 3.8) is 0 Å². The fourth-order valence-electron chi connectivity index (χ4n) is 7.31. The van der Waals surface area contributed by atoms with Crippen molar-refractivity contribution in [1.82, 2.24) is 10.2 Å². The molecule has 2 aromatic carbocycles. The number of methoxy groups -OCH3 is 1. The lowest BCUT2D eigenvalue weighted by atomic mass is 9.73. The Kier molecular flexibility index (Phi) is 7.56. The van der Waals surface area contributed by atoms with Gasteiger partial charge in [0.1, 0.15) is 17.4 Å². The second-order valence-electron chi connectivity index (χ2n) is 12.4. The number of likely N-dealkylation sites (tertiary alicyclic amines) is 1. The van der Waals surface area contributed by atoms with E-state index in [0.29, 0.717) is 28.3 Å². The summed E-state index contributed by atoms with van der Waals surface area (Å²) in [7, 11) is 1.60. The average molecular weight is 592 g/mol. The van der Waals surface area contributed by atoms with Crippen LogP contribution in [-0.2, 0) is 25.7 Å². The van der Waals surface area contributed by atoms with E-state index < -0.39 is 29.6 Å². The number of carbonyl (C=O) groups is 3. The molecule has 9 heteroatoms. The number of amides is 3. The number of halogens is 1. The molecule has 1 aliphatic carbocycles. The van der Waals surface area contributed by atoms with E-state index in [1.807, 2.05) is 49.4 Å². The predicted molar refractivity (Wildman–Crippen MR) is 160 cm³/mol. The van der Waals surface area contributed by atoms with E-state index in [4.69, 9.17) is 21.1 Å². The van der Waals surface area contributed by atoms with Crippen LogP contribution >= 0.6 is 11.6 Å². The van der Waals surface area contributed by atoms with Crippen LogP contribution in [0.3, 0.4) is 0 Å². The molecule has 2 N–H and O–H groups in total. The van der Waals surface area contributed by atoms with Gasteiger partial charge in [-0.1, -0.05) is 68.6 Å². The Labute approximate surface area is 251 Å². The van der Waals surface area contributed by atoms with Gasteiger partial charge >= 0.3 is 0 Å². The van der Waals surface area contributed by atoms with Crippen LogP contribution < -0.4 is 15.4 Å². The van der Waals surface area contributed by atoms with Crippen molar-refractivity contribution < 1.29 is 23.9 Å². The number of benzene rings is 2. The number of aryl methyl sites for hydroxylation is 1. The van der Waals surface area contributed by atoms with Gasteiger partial charge < -0.3 is 25.0 Å². The van der Waals surface area contributed by atoms with Crippen LogP contribution in [0, 0.1) is 30.6 Å². The van der Waals surface area contributed by atoms with Gasteiger partial charge in [-0.2, -0.15) is 0 Å². The lowest BCUT2D eigenvalue weighted by Gasteiger charge is -2.38. The molecule has 1 spiro atoms. The van der Waals surface area contributed by atoms with Crippen molar-refractivity contribution in [1.29, 1.82) is 0 Å². The summed E-state index contributed by atoms with van der Waals surface area (Å²) in [6, 6.07) is 11.9. The largest absolute Gasteiger partial charge is 0.497 e. The zero-order valence-electron chi connectivity index (χ0n) is 24.4. The highest BCUT2D eigenvalue weighted by atomic mass is 35.5. The summed E-state index contributed by atoms with van der Waals surface area (Å²) < 4.78 is 11.8. The lowest BCUT2D eigenvalue weighted by molar-refractivity contribution is -0.142. The number of anilines is 1. The molecule has 8 nitrogen and oxygen atoms in total. The maximum Gasteiger partial charge on any atom is 0.246 e. The first-order valence-corrected chi connectivity index (χ1v) is 15.2. The van der Waals surface area contributed by atoms with E-state index in [-0.39, 0.29) is 30.3 Å². The maximum absolute atomic E-state index is 14.3. The zero-order valence-corrected chi connectivity index (χ0v) is 25.2. The van der Waals surface area contributed by atoms with Crippen LogP contribution in [-0.4, -0.2) is 53.5 Å². The molecule has 0 unspecified atom stereocenters. The summed E-state index contributed by atoms with van der Waals surface area (Å²) in [5, 5.41) is 6.78. The Bertz CT molecular complexity index is 1430. The predicted octanol–water partition coefficient (Wildman–Crippen LogP) is 4.89. The summed E-state index contributed by atoms with van der Waals surface area (Å²) in [4.78, 5) is 43.9. The maximum atomic E-state index is 14.3. The van der Waals surface area contributed by atoms with E-state index >= 15 is 0 Å². The minimum atomic E-state index is -1.23. The minimum Gasteiger partial charge on any atom is -0.497 e. The van der Waals surface area contributed by atoms with Crippen LogP contribution in [0.2, 0.25) is 5.02 Å². The molecule has 2 saturated heterocycles. The first-order valence-electron chi connectivity index (χ1n) is 14.8. The second kappa shape index (κ2) is 11.0. The number of fused-ring (bicyclic) bond motifs is 1. The van der Waals surface area contributed by atoms with Crippen molar-refractivity contribution in [2.24, 2.45) is 23.7 Å². The third-order valence-electron chi connectivity index (χ3n) is 9.91. The molecule has 8 atom stereocenters. The third kappa shape index (κ3) is 4.78.